The summed E-state index contributed by atoms with van der Waals surface area (Å²) in [7, 11) is 1.75. The number of hydrogen-bond donors (Lipinski definition) is 0. The number of carbonyl (C=O) groups is 1. The van der Waals surface area contributed by atoms with Crippen molar-refractivity contribution in [3.05, 3.63) is 0 Å². The first-order valence-corrected chi connectivity index (χ1v) is 6.76. The topological polar surface area (TPSA) is 48.0 Å². The Kier molecular flexibility index (Phi) is 3.30. The molecule has 0 aliphatic carbocycles. The van der Waals surface area contributed by atoms with Gasteiger partial charge in [0.05, 0.1) is 31.7 Å². The lowest BCUT2D eigenvalue weighted by molar-refractivity contribution is -0.200. The zero-order valence-electron chi connectivity index (χ0n) is 10.9. The molecule has 3 fully saturated rings. The predicted octanol–water partition coefficient (Wildman–Crippen LogP) is 0.429. The minimum absolute atomic E-state index is 0.0733. The fourth-order valence-corrected chi connectivity index (χ4v) is 3.20. The number of rotatable bonds is 2. The molecule has 5 nitrogen and oxygen atoms in total. The Balaban J connectivity index is 1.53. The Morgan fingerprint density at radius 3 is 2.83 bits per heavy atom. The Hall–Kier alpha value is -0.650. The second-order valence-corrected chi connectivity index (χ2v) is 5.64. The van der Waals surface area contributed by atoms with E-state index in [4.69, 9.17) is 14.2 Å². The standard InChI is InChI=1S/C13H21NO4/c1-16-11-3-5-18-13(6-11)8-14(9-13)12(15)10-2-4-17-7-10/h10-11H,2-9H2,1H3. The highest BCUT2D eigenvalue weighted by Gasteiger charge is 2.50. The van der Waals surface area contributed by atoms with E-state index in [1.54, 1.807) is 7.11 Å². The number of ether oxygens (including phenoxy) is 3. The van der Waals surface area contributed by atoms with Gasteiger partial charge in [-0.15, -0.1) is 0 Å². The van der Waals surface area contributed by atoms with Gasteiger partial charge in [-0.05, 0) is 12.8 Å². The van der Waals surface area contributed by atoms with Gasteiger partial charge in [0.1, 0.15) is 5.60 Å². The molecule has 2 unspecified atom stereocenters. The molecule has 0 aromatic heterocycles. The monoisotopic (exact) mass is 255 g/mol. The molecule has 5 heteroatoms. The van der Waals surface area contributed by atoms with Gasteiger partial charge in [0.25, 0.3) is 0 Å². The van der Waals surface area contributed by atoms with E-state index in [9.17, 15) is 4.79 Å². The zero-order valence-corrected chi connectivity index (χ0v) is 10.9. The van der Waals surface area contributed by atoms with Gasteiger partial charge in [0, 0.05) is 26.7 Å². The molecule has 0 aromatic carbocycles. The normalized spacial score (nSPS) is 34.6. The summed E-state index contributed by atoms with van der Waals surface area (Å²) in [6.45, 7) is 3.50. The molecular weight excluding hydrogens is 234 g/mol. The van der Waals surface area contributed by atoms with Crippen LogP contribution in [-0.4, -0.2) is 62.5 Å². The van der Waals surface area contributed by atoms with Gasteiger partial charge < -0.3 is 19.1 Å². The molecule has 1 spiro atoms. The summed E-state index contributed by atoms with van der Waals surface area (Å²) in [5.74, 6) is 0.311. The van der Waals surface area contributed by atoms with Gasteiger partial charge >= 0.3 is 0 Å². The average Bonchev–Trinajstić information content (AvgIpc) is 2.89. The number of carbonyl (C=O) groups excluding carboxylic acids is 1. The number of amides is 1. The Morgan fingerprint density at radius 2 is 2.17 bits per heavy atom. The van der Waals surface area contributed by atoms with Crippen molar-refractivity contribution in [1.29, 1.82) is 0 Å². The fourth-order valence-electron chi connectivity index (χ4n) is 3.20. The van der Waals surface area contributed by atoms with E-state index in [2.05, 4.69) is 0 Å². The van der Waals surface area contributed by atoms with E-state index < -0.39 is 0 Å². The first-order chi connectivity index (χ1) is 8.72. The molecule has 3 aliphatic rings. The van der Waals surface area contributed by atoms with E-state index >= 15 is 0 Å². The van der Waals surface area contributed by atoms with E-state index in [0.717, 1.165) is 45.6 Å². The Labute approximate surface area is 107 Å². The van der Waals surface area contributed by atoms with Gasteiger partial charge in [0.15, 0.2) is 0 Å². The van der Waals surface area contributed by atoms with Crippen molar-refractivity contribution in [3.8, 4) is 0 Å². The second kappa shape index (κ2) is 4.79. The smallest absolute Gasteiger partial charge is 0.228 e. The van der Waals surface area contributed by atoms with Crippen molar-refractivity contribution in [2.45, 2.75) is 31.0 Å². The Bertz CT molecular complexity index is 321. The maximum atomic E-state index is 12.2. The number of likely N-dealkylation sites (tertiary alicyclic amines) is 1. The largest absolute Gasteiger partial charge is 0.381 e. The third-order valence-electron chi connectivity index (χ3n) is 4.33. The summed E-state index contributed by atoms with van der Waals surface area (Å²) < 4.78 is 16.6. The van der Waals surface area contributed by atoms with Crippen molar-refractivity contribution < 1.29 is 19.0 Å². The summed E-state index contributed by atoms with van der Waals surface area (Å²) in [4.78, 5) is 14.1. The predicted molar refractivity (Wildman–Crippen MR) is 64.2 cm³/mol. The van der Waals surface area contributed by atoms with Crippen molar-refractivity contribution in [3.63, 3.8) is 0 Å². The summed E-state index contributed by atoms with van der Waals surface area (Å²) in [6, 6.07) is 0. The maximum Gasteiger partial charge on any atom is 0.228 e. The zero-order chi connectivity index (χ0) is 12.6. The lowest BCUT2D eigenvalue weighted by Gasteiger charge is -2.53. The van der Waals surface area contributed by atoms with Crippen LogP contribution >= 0.6 is 0 Å². The lowest BCUT2D eigenvalue weighted by Crippen LogP contribution is -2.68. The van der Waals surface area contributed by atoms with Crippen LogP contribution in [-0.2, 0) is 19.0 Å². The van der Waals surface area contributed by atoms with E-state index in [1.807, 2.05) is 4.90 Å². The SMILES string of the molecule is COC1CCOC2(C1)CN(C(=O)C1CCOC1)C2. The lowest BCUT2D eigenvalue weighted by atomic mass is 9.84. The molecule has 102 valence electrons. The van der Waals surface area contributed by atoms with Crippen LogP contribution in [0.5, 0.6) is 0 Å². The van der Waals surface area contributed by atoms with Crippen LogP contribution in [0.1, 0.15) is 19.3 Å². The second-order valence-electron chi connectivity index (χ2n) is 5.64. The molecule has 0 bridgehead atoms. The highest BCUT2D eigenvalue weighted by Crippen LogP contribution is 2.36. The van der Waals surface area contributed by atoms with Crippen LogP contribution in [0, 0.1) is 5.92 Å². The highest BCUT2D eigenvalue weighted by atomic mass is 16.5. The van der Waals surface area contributed by atoms with Gasteiger partial charge in [-0.3, -0.25) is 4.79 Å². The first-order valence-electron chi connectivity index (χ1n) is 6.76. The van der Waals surface area contributed by atoms with Crippen LogP contribution in [0.3, 0.4) is 0 Å². The molecule has 3 heterocycles. The van der Waals surface area contributed by atoms with Gasteiger partial charge in [-0.1, -0.05) is 0 Å². The molecule has 0 aromatic rings. The van der Waals surface area contributed by atoms with Crippen LogP contribution in [0.25, 0.3) is 0 Å². The van der Waals surface area contributed by atoms with Crippen molar-refractivity contribution in [2.24, 2.45) is 5.92 Å². The average molecular weight is 255 g/mol. The van der Waals surface area contributed by atoms with Gasteiger partial charge in [-0.2, -0.15) is 0 Å². The van der Waals surface area contributed by atoms with Crippen molar-refractivity contribution in [1.82, 2.24) is 4.90 Å². The number of methoxy groups -OCH3 is 1. The van der Waals surface area contributed by atoms with Gasteiger partial charge in [0.2, 0.25) is 5.91 Å². The molecular formula is C13H21NO4. The van der Waals surface area contributed by atoms with Crippen LogP contribution in [0.2, 0.25) is 0 Å². The minimum atomic E-state index is -0.131. The summed E-state index contributed by atoms with van der Waals surface area (Å²) >= 11 is 0. The highest BCUT2D eigenvalue weighted by molar-refractivity contribution is 5.80. The van der Waals surface area contributed by atoms with E-state index in [0.29, 0.717) is 6.61 Å². The first kappa shape index (κ1) is 12.4. The molecule has 0 radical (unpaired) electrons. The van der Waals surface area contributed by atoms with E-state index in [-0.39, 0.29) is 23.5 Å². The fraction of sp³-hybridized carbons (Fsp3) is 0.923. The van der Waals surface area contributed by atoms with Crippen molar-refractivity contribution >= 4 is 5.91 Å². The van der Waals surface area contributed by atoms with Crippen LogP contribution in [0.4, 0.5) is 0 Å². The number of hydrogen-bond acceptors (Lipinski definition) is 4. The third kappa shape index (κ3) is 2.15. The number of nitrogens with zero attached hydrogens (tertiary/aromatic N) is 1. The van der Waals surface area contributed by atoms with E-state index in [1.165, 1.54) is 0 Å². The molecule has 1 amide bonds. The molecule has 2 atom stereocenters. The third-order valence-corrected chi connectivity index (χ3v) is 4.33. The molecule has 3 saturated heterocycles. The van der Waals surface area contributed by atoms with Crippen molar-refractivity contribution in [2.75, 3.05) is 40.0 Å². The minimum Gasteiger partial charge on any atom is -0.381 e. The molecule has 3 aliphatic heterocycles. The summed E-state index contributed by atoms with van der Waals surface area (Å²) in [5.41, 5.74) is -0.131. The Morgan fingerprint density at radius 1 is 1.33 bits per heavy atom. The summed E-state index contributed by atoms with van der Waals surface area (Å²) in [5, 5.41) is 0. The quantitative estimate of drug-likeness (QED) is 0.718. The molecule has 3 rings (SSSR count). The molecule has 0 N–H and O–H groups in total. The van der Waals surface area contributed by atoms with Gasteiger partial charge in [-0.25, -0.2) is 0 Å². The maximum absolute atomic E-state index is 12.2. The van der Waals surface area contributed by atoms with Crippen LogP contribution < -0.4 is 0 Å². The molecule has 0 saturated carbocycles. The molecule has 18 heavy (non-hydrogen) atoms. The van der Waals surface area contributed by atoms with Crippen LogP contribution in [0.15, 0.2) is 0 Å². The summed E-state index contributed by atoms with van der Waals surface area (Å²) in [6.07, 6.45) is 3.02.